The van der Waals surface area contributed by atoms with Gasteiger partial charge in [0.15, 0.2) is 11.0 Å². The Balaban J connectivity index is 1.57. The number of nitrogens with zero attached hydrogens (tertiary/aromatic N) is 3. The number of anilines is 1. The van der Waals surface area contributed by atoms with E-state index in [9.17, 15) is 14.4 Å². The van der Waals surface area contributed by atoms with Crippen LogP contribution >= 0.6 is 11.6 Å². The van der Waals surface area contributed by atoms with E-state index in [-0.39, 0.29) is 40.0 Å². The molecule has 1 aliphatic heterocycles. The minimum absolute atomic E-state index is 0.0484. The molecule has 4 rings (SSSR count). The Labute approximate surface area is 160 Å². The Kier molecular flexibility index (Phi) is 4.61. The van der Waals surface area contributed by atoms with Crippen molar-refractivity contribution in [1.29, 1.82) is 0 Å². The second-order valence-corrected chi connectivity index (χ2v) is 7.12. The van der Waals surface area contributed by atoms with Crippen molar-refractivity contribution in [3.63, 3.8) is 0 Å². The monoisotopic (exact) mass is 384 g/mol. The number of carbonyl (C=O) groups excluding carboxylic acids is 3. The molecule has 1 aliphatic carbocycles. The molecule has 0 bridgehead atoms. The highest BCUT2D eigenvalue weighted by Crippen LogP contribution is 2.31. The highest BCUT2D eigenvalue weighted by Gasteiger charge is 2.40. The number of nitrogens with one attached hydrogen (secondary N) is 1. The smallest absolute Gasteiger partial charge is 0.261 e. The normalized spacial score (nSPS) is 17.1. The summed E-state index contributed by atoms with van der Waals surface area (Å²) >= 11 is 5.68. The van der Waals surface area contributed by atoms with Crippen LogP contribution in [0.4, 0.5) is 5.82 Å². The standard InChI is InChI=1S/C19H17ClN4O3/c20-15-8-9-16(23-22-15)21-17(25)11-6-7-13-14(10-11)19(27)24(18(13)26)12-4-2-1-3-5-12/h6-10,12H,1-5H2,(H,21,23,25). The number of amides is 3. The van der Waals surface area contributed by atoms with Gasteiger partial charge in [0.05, 0.1) is 11.1 Å². The minimum Gasteiger partial charge on any atom is -0.305 e. The van der Waals surface area contributed by atoms with E-state index in [1.807, 2.05) is 0 Å². The summed E-state index contributed by atoms with van der Waals surface area (Å²) in [6.45, 7) is 0. The number of hydrogen-bond donors (Lipinski definition) is 1. The van der Waals surface area contributed by atoms with Crippen molar-refractivity contribution in [3.8, 4) is 0 Å². The van der Waals surface area contributed by atoms with Gasteiger partial charge < -0.3 is 5.32 Å². The predicted octanol–water partition coefficient (Wildman–Crippen LogP) is 3.31. The van der Waals surface area contributed by atoms with E-state index in [2.05, 4.69) is 15.5 Å². The minimum atomic E-state index is -0.439. The average Bonchev–Trinajstić information content (AvgIpc) is 2.94. The van der Waals surface area contributed by atoms with Gasteiger partial charge in [-0.05, 0) is 43.2 Å². The van der Waals surface area contributed by atoms with Gasteiger partial charge in [0.2, 0.25) is 0 Å². The van der Waals surface area contributed by atoms with Crippen molar-refractivity contribution in [2.75, 3.05) is 5.32 Å². The Bertz CT molecular complexity index is 923. The van der Waals surface area contributed by atoms with Crippen LogP contribution in [0.25, 0.3) is 0 Å². The lowest BCUT2D eigenvalue weighted by Gasteiger charge is -2.29. The van der Waals surface area contributed by atoms with Crippen LogP contribution in [-0.4, -0.2) is 38.9 Å². The first-order valence-electron chi connectivity index (χ1n) is 8.87. The van der Waals surface area contributed by atoms with Crippen molar-refractivity contribution in [3.05, 3.63) is 52.2 Å². The zero-order valence-electron chi connectivity index (χ0n) is 14.4. The summed E-state index contributed by atoms with van der Waals surface area (Å²) in [6, 6.07) is 7.54. The molecule has 2 aliphatic rings. The van der Waals surface area contributed by atoms with E-state index in [1.54, 1.807) is 6.07 Å². The van der Waals surface area contributed by atoms with Gasteiger partial charge >= 0.3 is 0 Å². The number of benzene rings is 1. The third-order valence-electron chi connectivity index (χ3n) is 4.99. The molecule has 8 heteroatoms. The molecule has 0 saturated heterocycles. The molecule has 1 aromatic heterocycles. The van der Waals surface area contributed by atoms with Gasteiger partial charge in [0, 0.05) is 11.6 Å². The molecule has 0 atom stereocenters. The summed E-state index contributed by atoms with van der Waals surface area (Å²) < 4.78 is 0. The van der Waals surface area contributed by atoms with Gasteiger partial charge in [-0.2, -0.15) is 0 Å². The van der Waals surface area contributed by atoms with Crippen LogP contribution in [0.15, 0.2) is 30.3 Å². The molecular formula is C19H17ClN4O3. The first-order valence-corrected chi connectivity index (χ1v) is 9.25. The van der Waals surface area contributed by atoms with Gasteiger partial charge in [-0.25, -0.2) is 0 Å². The second kappa shape index (κ2) is 7.08. The predicted molar refractivity (Wildman–Crippen MR) is 98.8 cm³/mol. The lowest BCUT2D eigenvalue weighted by Crippen LogP contribution is -2.40. The topological polar surface area (TPSA) is 92.3 Å². The second-order valence-electron chi connectivity index (χ2n) is 6.73. The highest BCUT2D eigenvalue weighted by atomic mass is 35.5. The van der Waals surface area contributed by atoms with Crippen molar-refractivity contribution in [1.82, 2.24) is 15.1 Å². The largest absolute Gasteiger partial charge is 0.305 e. The molecule has 0 spiro atoms. The van der Waals surface area contributed by atoms with Crippen LogP contribution < -0.4 is 5.32 Å². The molecule has 1 N–H and O–H groups in total. The third kappa shape index (κ3) is 3.30. The van der Waals surface area contributed by atoms with E-state index in [4.69, 9.17) is 11.6 Å². The SMILES string of the molecule is O=C(Nc1ccc(Cl)nn1)c1ccc2c(c1)C(=O)N(C1CCCCC1)C2=O. The van der Waals surface area contributed by atoms with Crippen molar-refractivity contribution >= 4 is 35.1 Å². The number of halogens is 1. The quantitative estimate of drug-likeness (QED) is 0.819. The van der Waals surface area contributed by atoms with Crippen LogP contribution in [0.3, 0.4) is 0 Å². The van der Waals surface area contributed by atoms with Gasteiger partial charge in [-0.1, -0.05) is 30.9 Å². The number of imide groups is 1. The van der Waals surface area contributed by atoms with Crippen molar-refractivity contribution in [2.24, 2.45) is 0 Å². The molecule has 138 valence electrons. The summed E-state index contributed by atoms with van der Waals surface area (Å²) in [5, 5.41) is 10.3. The molecule has 2 aromatic rings. The molecule has 2 heterocycles. The zero-order valence-corrected chi connectivity index (χ0v) is 15.2. The maximum absolute atomic E-state index is 12.8. The van der Waals surface area contributed by atoms with E-state index in [0.717, 1.165) is 32.1 Å². The summed E-state index contributed by atoms with van der Waals surface area (Å²) in [6.07, 6.45) is 4.86. The third-order valence-corrected chi connectivity index (χ3v) is 5.20. The van der Waals surface area contributed by atoms with Crippen LogP contribution in [0.5, 0.6) is 0 Å². The van der Waals surface area contributed by atoms with Crippen molar-refractivity contribution in [2.45, 2.75) is 38.1 Å². The first-order chi connectivity index (χ1) is 13.0. The Morgan fingerprint density at radius 1 is 1.00 bits per heavy atom. The van der Waals surface area contributed by atoms with E-state index >= 15 is 0 Å². The molecule has 1 saturated carbocycles. The molecule has 0 radical (unpaired) electrons. The summed E-state index contributed by atoms with van der Waals surface area (Å²) in [5.41, 5.74) is 0.908. The van der Waals surface area contributed by atoms with Gasteiger partial charge in [0.25, 0.3) is 17.7 Å². The Morgan fingerprint density at radius 3 is 2.44 bits per heavy atom. The molecular weight excluding hydrogens is 368 g/mol. The number of rotatable bonds is 3. The van der Waals surface area contributed by atoms with E-state index in [1.165, 1.54) is 29.2 Å². The molecule has 0 unspecified atom stereocenters. The number of carbonyl (C=O) groups is 3. The fourth-order valence-electron chi connectivity index (χ4n) is 3.64. The van der Waals surface area contributed by atoms with E-state index in [0.29, 0.717) is 5.56 Å². The maximum atomic E-state index is 12.8. The van der Waals surface area contributed by atoms with Gasteiger partial charge in [-0.15, -0.1) is 10.2 Å². The molecule has 1 aromatic carbocycles. The average molecular weight is 385 g/mol. The zero-order chi connectivity index (χ0) is 19.0. The number of hydrogen-bond acceptors (Lipinski definition) is 5. The summed E-state index contributed by atoms with van der Waals surface area (Å²) in [7, 11) is 0. The van der Waals surface area contributed by atoms with Crippen LogP contribution in [0, 0.1) is 0 Å². The maximum Gasteiger partial charge on any atom is 0.261 e. The van der Waals surface area contributed by atoms with Crippen LogP contribution in [0.2, 0.25) is 5.15 Å². The Hall–Kier alpha value is -2.80. The number of aromatic nitrogens is 2. The molecule has 1 fully saturated rings. The highest BCUT2D eigenvalue weighted by molar-refractivity contribution is 6.29. The van der Waals surface area contributed by atoms with Gasteiger partial charge in [0.1, 0.15) is 0 Å². The Morgan fingerprint density at radius 2 is 1.74 bits per heavy atom. The summed E-state index contributed by atoms with van der Waals surface area (Å²) in [4.78, 5) is 39.3. The molecule has 27 heavy (non-hydrogen) atoms. The fourth-order valence-corrected chi connectivity index (χ4v) is 3.74. The van der Waals surface area contributed by atoms with E-state index < -0.39 is 5.91 Å². The number of fused-ring (bicyclic) bond motifs is 1. The van der Waals surface area contributed by atoms with Crippen LogP contribution in [0.1, 0.15) is 63.2 Å². The van der Waals surface area contributed by atoms with Crippen LogP contribution in [-0.2, 0) is 0 Å². The lowest BCUT2D eigenvalue weighted by molar-refractivity contribution is 0.0549. The van der Waals surface area contributed by atoms with Gasteiger partial charge in [-0.3, -0.25) is 19.3 Å². The first kappa shape index (κ1) is 17.6. The fraction of sp³-hybridized carbons (Fsp3) is 0.316. The van der Waals surface area contributed by atoms with Crippen molar-refractivity contribution < 1.29 is 14.4 Å². The summed E-state index contributed by atoms with van der Waals surface area (Å²) in [5.74, 6) is -0.776. The molecule has 3 amide bonds. The lowest BCUT2D eigenvalue weighted by atomic mass is 9.94. The molecule has 7 nitrogen and oxygen atoms in total.